The number of hydrogen-bond donors (Lipinski definition) is 0. The van der Waals surface area contributed by atoms with Crippen LogP contribution in [-0.2, 0) is 4.79 Å². The van der Waals surface area contributed by atoms with Gasteiger partial charge in [0.2, 0.25) is 0 Å². The summed E-state index contributed by atoms with van der Waals surface area (Å²) in [5, 5.41) is 1.45. The molecule has 0 aliphatic carbocycles. The van der Waals surface area contributed by atoms with Gasteiger partial charge in [0.1, 0.15) is 17.9 Å². The van der Waals surface area contributed by atoms with Gasteiger partial charge in [-0.3, -0.25) is 9.78 Å². The van der Waals surface area contributed by atoms with Crippen LogP contribution in [0.15, 0.2) is 30.5 Å². The third-order valence-corrected chi connectivity index (χ3v) is 2.44. The van der Waals surface area contributed by atoms with Crippen molar-refractivity contribution in [3.8, 4) is 5.75 Å². The summed E-state index contributed by atoms with van der Waals surface area (Å²) in [6.07, 6.45) is 1.67. The monoisotopic (exact) mass is 235 g/mol. The fourth-order valence-corrected chi connectivity index (χ4v) is 1.62. The van der Waals surface area contributed by atoms with Crippen LogP contribution in [0.4, 0.5) is 0 Å². The molecule has 2 rings (SSSR count). The summed E-state index contributed by atoms with van der Waals surface area (Å²) in [5.41, 5.74) is 0.677. The molecule has 0 amide bonds. The largest absolute Gasteiger partial charge is 0.484 e. The van der Waals surface area contributed by atoms with Crippen molar-refractivity contribution >= 4 is 28.3 Å². The first-order valence-electron chi connectivity index (χ1n) is 4.84. The Hall–Kier alpha value is -1.61. The Morgan fingerprint density at radius 1 is 1.44 bits per heavy atom. The fourth-order valence-electron chi connectivity index (χ4n) is 1.41. The number of pyridine rings is 1. The number of hydrogen-bond acceptors (Lipinski definition) is 3. The van der Waals surface area contributed by atoms with E-state index < -0.39 is 0 Å². The van der Waals surface area contributed by atoms with Crippen LogP contribution in [0.5, 0.6) is 5.75 Å². The van der Waals surface area contributed by atoms with Gasteiger partial charge >= 0.3 is 0 Å². The van der Waals surface area contributed by atoms with Crippen molar-refractivity contribution in [1.82, 2.24) is 4.98 Å². The number of aromatic nitrogens is 1. The molecule has 0 aliphatic rings. The third kappa shape index (κ3) is 2.14. The second-order valence-electron chi connectivity index (χ2n) is 3.44. The van der Waals surface area contributed by atoms with Gasteiger partial charge in [0.15, 0.2) is 5.78 Å². The predicted octanol–water partition coefficient (Wildman–Crippen LogP) is 2.86. The Bertz CT molecular complexity index is 540. The van der Waals surface area contributed by atoms with Crippen LogP contribution in [0, 0.1) is 0 Å². The summed E-state index contributed by atoms with van der Waals surface area (Å²) in [4.78, 5) is 15.0. The molecular formula is C12H10ClNO2. The minimum Gasteiger partial charge on any atom is -0.484 e. The molecule has 4 heteroatoms. The van der Waals surface area contributed by atoms with E-state index in [2.05, 4.69) is 4.98 Å². The molecular weight excluding hydrogens is 226 g/mol. The molecule has 0 spiro atoms. The van der Waals surface area contributed by atoms with E-state index in [0.29, 0.717) is 16.3 Å². The standard InChI is InChI=1S/C12H10ClNO2/c1-8(15)7-16-11-5-4-10(13)9-3-2-6-14-12(9)11/h2-6H,7H2,1H3. The van der Waals surface area contributed by atoms with Gasteiger partial charge < -0.3 is 4.74 Å². The Morgan fingerprint density at radius 2 is 2.25 bits per heavy atom. The van der Waals surface area contributed by atoms with Crippen LogP contribution < -0.4 is 4.74 Å². The number of benzene rings is 1. The second kappa shape index (κ2) is 4.49. The maximum Gasteiger partial charge on any atom is 0.167 e. The van der Waals surface area contributed by atoms with Crippen molar-refractivity contribution in [1.29, 1.82) is 0 Å². The number of fused-ring (bicyclic) bond motifs is 1. The van der Waals surface area contributed by atoms with E-state index >= 15 is 0 Å². The Morgan fingerprint density at radius 3 is 3.00 bits per heavy atom. The molecule has 0 bridgehead atoms. The summed E-state index contributed by atoms with van der Waals surface area (Å²) in [5.74, 6) is 0.550. The van der Waals surface area contributed by atoms with Gasteiger partial charge in [-0.15, -0.1) is 0 Å². The maximum atomic E-state index is 10.8. The van der Waals surface area contributed by atoms with Crippen molar-refractivity contribution in [3.05, 3.63) is 35.5 Å². The molecule has 0 radical (unpaired) electrons. The van der Waals surface area contributed by atoms with E-state index in [0.717, 1.165) is 5.39 Å². The minimum absolute atomic E-state index is 0.0287. The highest BCUT2D eigenvalue weighted by atomic mass is 35.5. The van der Waals surface area contributed by atoms with E-state index in [9.17, 15) is 4.79 Å². The zero-order valence-corrected chi connectivity index (χ0v) is 9.49. The van der Waals surface area contributed by atoms with E-state index in [1.54, 1.807) is 18.3 Å². The number of carbonyl (C=O) groups excluding carboxylic acids is 1. The van der Waals surface area contributed by atoms with E-state index in [-0.39, 0.29) is 12.4 Å². The van der Waals surface area contributed by atoms with Crippen LogP contribution in [0.3, 0.4) is 0 Å². The smallest absolute Gasteiger partial charge is 0.167 e. The molecule has 3 nitrogen and oxygen atoms in total. The molecule has 0 aliphatic heterocycles. The zero-order chi connectivity index (χ0) is 11.5. The topological polar surface area (TPSA) is 39.2 Å². The molecule has 0 atom stereocenters. The molecule has 1 aromatic carbocycles. The summed E-state index contributed by atoms with van der Waals surface area (Å²) in [6.45, 7) is 1.53. The summed E-state index contributed by atoms with van der Waals surface area (Å²) >= 11 is 6.03. The molecule has 16 heavy (non-hydrogen) atoms. The van der Waals surface area contributed by atoms with E-state index in [1.165, 1.54) is 6.92 Å². The number of halogens is 1. The molecule has 0 saturated carbocycles. The first kappa shape index (κ1) is 10.9. The molecule has 82 valence electrons. The average Bonchev–Trinajstić information content (AvgIpc) is 2.28. The van der Waals surface area contributed by atoms with Gasteiger partial charge in [-0.25, -0.2) is 0 Å². The van der Waals surface area contributed by atoms with E-state index in [4.69, 9.17) is 16.3 Å². The zero-order valence-electron chi connectivity index (χ0n) is 8.74. The van der Waals surface area contributed by atoms with Crippen molar-refractivity contribution in [2.75, 3.05) is 6.61 Å². The molecule has 1 heterocycles. The second-order valence-corrected chi connectivity index (χ2v) is 3.84. The normalized spacial score (nSPS) is 10.4. The number of ether oxygens (including phenoxy) is 1. The Labute approximate surface area is 98.0 Å². The fraction of sp³-hybridized carbons (Fsp3) is 0.167. The highest BCUT2D eigenvalue weighted by Gasteiger charge is 2.07. The van der Waals surface area contributed by atoms with Crippen LogP contribution >= 0.6 is 11.6 Å². The average molecular weight is 236 g/mol. The molecule has 2 aromatic rings. The number of carbonyl (C=O) groups is 1. The molecule has 0 N–H and O–H groups in total. The Balaban J connectivity index is 2.46. The SMILES string of the molecule is CC(=O)COc1ccc(Cl)c2cccnc12. The Kier molecular flexibility index (Phi) is 3.06. The molecule has 1 aromatic heterocycles. The maximum absolute atomic E-state index is 10.8. The lowest BCUT2D eigenvalue weighted by molar-refractivity contribution is -0.118. The van der Waals surface area contributed by atoms with Crippen LogP contribution in [0.25, 0.3) is 10.9 Å². The lowest BCUT2D eigenvalue weighted by Crippen LogP contribution is -2.07. The van der Waals surface area contributed by atoms with Crippen LogP contribution in [0.2, 0.25) is 5.02 Å². The molecule has 0 fully saturated rings. The van der Waals surface area contributed by atoms with Gasteiger partial charge in [-0.1, -0.05) is 11.6 Å². The molecule has 0 unspecified atom stereocenters. The lowest BCUT2D eigenvalue weighted by Gasteiger charge is -2.07. The summed E-state index contributed by atoms with van der Waals surface area (Å²) in [6, 6.07) is 7.13. The van der Waals surface area contributed by atoms with Crippen LogP contribution in [-0.4, -0.2) is 17.4 Å². The van der Waals surface area contributed by atoms with Crippen molar-refractivity contribution < 1.29 is 9.53 Å². The number of ketones is 1. The number of rotatable bonds is 3. The minimum atomic E-state index is -0.0287. The number of Topliss-reactive ketones (excluding diaryl/α,β-unsaturated/α-hetero) is 1. The van der Waals surface area contributed by atoms with Crippen molar-refractivity contribution in [3.63, 3.8) is 0 Å². The quantitative estimate of drug-likeness (QED) is 0.821. The predicted molar refractivity (Wildman–Crippen MR) is 62.9 cm³/mol. The first-order chi connectivity index (χ1) is 7.68. The first-order valence-corrected chi connectivity index (χ1v) is 5.22. The van der Waals surface area contributed by atoms with Gasteiger partial charge in [0, 0.05) is 11.6 Å². The van der Waals surface area contributed by atoms with Gasteiger partial charge in [-0.05, 0) is 31.2 Å². The van der Waals surface area contributed by atoms with Gasteiger partial charge in [0.05, 0.1) is 5.02 Å². The third-order valence-electron chi connectivity index (χ3n) is 2.11. The van der Waals surface area contributed by atoms with E-state index in [1.807, 2.05) is 12.1 Å². The lowest BCUT2D eigenvalue weighted by atomic mass is 10.2. The summed E-state index contributed by atoms with van der Waals surface area (Å²) in [7, 11) is 0. The number of nitrogens with zero attached hydrogens (tertiary/aromatic N) is 1. The summed E-state index contributed by atoms with van der Waals surface area (Å²) < 4.78 is 5.37. The van der Waals surface area contributed by atoms with Crippen molar-refractivity contribution in [2.24, 2.45) is 0 Å². The highest BCUT2D eigenvalue weighted by Crippen LogP contribution is 2.29. The van der Waals surface area contributed by atoms with Gasteiger partial charge in [-0.2, -0.15) is 0 Å². The highest BCUT2D eigenvalue weighted by molar-refractivity contribution is 6.35. The molecule has 0 saturated heterocycles. The van der Waals surface area contributed by atoms with Gasteiger partial charge in [0.25, 0.3) is 0 Å². The van der Waals surface area contributed by atoms with Crippen LogP contribution in [0.1, 0.15) is 6.92 Å². The van der Waals surface area contributed by atoms with Crippen molar-refractivity contribution in [2.45, 2.75) is 6.92 Å².